The fourth-order valence-electron chi connectivity index (χ4n) is 4.35. The van der Waals surface area contributed by atoms with Crippen LogP contribution in [0.1, 0.15) is 51.1 Å². The second-order valence-corrected chi connectivity index (χ2v) is 7.23. The highest BCUT2D eigenvalue weighted by Crippen LogP contribution is 2.33. The van der Waals surface area contributed by atoms with Crippen LogP contribution in [0.15, 0.2) is 30.3 Å². The van der Waals surface area contributed by atoms with E-state index >= 15 is 0 Å². The number of nitrogens with zero attached hydrogens (tertiary/aromatic N) is 1. The Labute approximate surface area is 129 Å². The van der Waals surface area contributed by atoms with Gasteiger partial charge in [-0.15, -0.1) is 0 Å². The molecule has 1 N–H and O–H groups in total. The number of rotatable bonds is 2. The lowest BCUT2D eigenvalue weighted by Crippen LogP contribution is -2.45. The Morgan fingerprint density at radius 1 is 1.10 bits per heavy atom. The van der Waals surface area contributed by atoms with Crippen molar-refractivity contribution in [1.82, 2.24) is 10.2 Å². The first-order chi connectivity index (χ1) is 10.2. The first kappa shape index (κ1) is 15.1. The van der Waals surface area contributed by atoms with Gasteiger partial charge in [0.15, 0.2) is 0 Å². The molecule has 116 valence electrons. The van der Waals surface area contributed by atoms with E-state index in [1.54, 1.807) is 0 Å². The van der Waals surface area contributed by atoms with E-state index in [2.05, 4.69) is 54.4 Å². The predicted molar refractivity (Wildman–Crippen MR) is 89.3 cm³/mol. The molecule has 1 aliphatic heterocycles. The largest absolute Gasteiger partial charge is 0.309 e. The minimum Gasteiger partial charge on any atom is -0.309 e. The van der Waals surface area contributed by atoms with Crippen molar-refractivity contribution in [2.75, 3.05) is 19.6 Å². The Kier molecular flexibility index (Phi) is 4.97. The molecule has 2 heteroatoms. The molecule has 2 nitrogen and oxygen atoms in total. The number of benzene rings is 1. The van der Waals surface area contributed by atoms with Crippen LogP contribution in [0.2, 0.25) is 0 Å². The summed E-state index contributed by atoms with van der Waals surface area (Å²) < 4.78 is 0. The minimum absolute atomic E-state index is 0.500. The number of nitrogens with one attached hydrogen (secondary N) is 1. The molecule has 21 heavy (non-hydrogen) atoms. The molecule has 4 atom stereocenters. The third-order valence-corrected chi connectivity index (χ3v) is 5.49. The highest BCUT2D eigenvalue weighted by Gasteiger charge is 2.32. The van der Waals surface area contributed by atoms with Crippen LogP contribution >= 0.6 is 0 Å². The van der Waals surface area contributed by atoms with Crippen LogP contribution in [-0.4, -0.2) is 30.6 Å². The molecular formula is C19H30N2. The summed E-state index contributed by atoms with van der Waals surface area (Å²) in [6.07, 6.45) is 5.49. The summed E-state index contributed by atoms with van der Waals surface area (Å²) in [6, 6.07) is 12.3. The second kappa shape index (κ2) is 6.93. The van der Waals surface area contributed by atoms with Gasteiger partial charge in [0.2, 0.25) is 0 Å². The van der Waals surface area contributed by atoms with Gasteiger partial charge in [-0.3, -0.25) is 4.90 Å². The van der Waals surface area contributed by atoms with Crippen LogP contribution in [-0.2, 0) is 0 Å². The highest BCUT2D eigenvalue weighted by molar-refractivity contribution is 5.19. The summed E-state index contributed by atoms with van der Waals surface area (Å²) in [5.41, 5.74) is 1.45. The minimum atomic E-state index is 0.500. The summed E-state index contributed by atoms with van der Waals surface area (Å²) in [4.78, 5) is 2.79. The van der Waals surface area contributed by atoms with Crippen molar-refractivity contribution in [3.05, 3.63) is 35.9 Å². The molecular weight excluding hydrogens is 256 g/mol. The van der Waals surface area contributed by atoms with Gasteiger partial charge in [-0.1, -0.05) is 44.2 Å². The lowest BCUT2D eigenvalue weighted by Gasteiger charge is -2.41. The third-order valence-electron chi connectivity index (χ3n) is 5.49. The monoisotopic (exact) mass is 286 g/mol. The van der Waals surface area contributed by atoms with Crippen molar-refractivity contribution in [2.45, 2.75) is 51.6 Å². The molecule has 4 unspecified atom stereocenters. The quantitative estimate of drug-likeness (QED) is 0.888. The molecule has 1 heterocycles. The lowest BCUT2D eigenvalue weighted by atomic mass is 9.79. The van der Waals surface area contributed by atoms with Gasteiger partial charge in [-0.05, 0) is 56.2 Å². The van der Waals surface area contributed by atoms with E-state index in [-0.39, 0.29) is 0 Å². The van der Waals surface area contributed by atoms with Gasteiger partial charge < -0.3 is 5.32 Å². The SMILES string of the molecule is CC1CCC(N2CCCNC(c3ccccc3)C2)C(C)C1. The molecule has 2 fully saturated rings. The molecule has 0 amide bonds. The summed E-state index contributed by atoms with van der Waals surface area (Å²) in [6.45, 7) is 8.47. The summed E-state index contributed by atoms with van der Waals surface area (Å²) >= 11 is 0. The average molecular weight is 286 g/mol. The van der Waals surface area contributed by atoms with Crippen LogP contribution in [0.5, 0.6) is 0 Å². The number of hydrogen-bond donors (Lipinski definition) is 1. The molecule has 1 aromatic rings. The van der Waals surface area contributed by atoms with E-state index in [0.29, 0.717) is 6.04 Å². The summed E-state index contributed by atoms with van der Waals surface area (Å²) in [5, 5.41) is 3.75. The van der Waals surface area contributed by atoms with E-state index in [0.717, 1.165) is 24.4 Å². The van der Waals surface area contributed by atoms with Gasteiger partial charge in [-0.25, -0.2) is 0 Å². The van der Waals surface area contributed by atoms with Crippen molar-refractivity contribution in [3.8, 4) is 0 Å². The highest BCUT2D eigenvalue weighted by atomic mass is 15.2. The first-order valence-corrected chi connectivity index (χ1v) is 8.76. The van der Waals surface area contributed by atoms with Gasteiger partial charge in [0.1, 0.15) is 0 Å². The van der Waals surface area contributed by atoms with Crippen molar-refractivity contribution in [3.63, 3.8) is 0 Å². The average Bonchev–Trinajstić information content (AvgIpc) is 2.74. The molecule has 0 bridgehead atoms. The Bertz CT molecular complexity index is 430. The smallest absolute Gasteiger partial charge is 0.0449 e. The van der Waals surface area contributed by atoms with E-state index in [4.69, 9.17) is 0 Å². The normalized spacial score (nSPS) is 35.3. The van der Waals surface area contributed by atoms with Crippen LogP contribution in [0.3, 0.4) is 0 Å². The maximum absolute atomic E-state index is 3.75. The van der Waals surface area contributed by atoms with E-state index in [9.17, 15) is 0 Å². The van der Waals surface area contributed by atoms with Crippen molar-refractivity contribution in [2.24, 2.45) is 11.8 Å². The van der Waals surface area contributed by atoms with Crippen molar-refractivity contribution >= 4 is 0 Å². The van der Waals surface area contributed by atoms with Gasteiger partial charge in [-0.2, -0.15) is 0 Å². The van der Waals surface area contributed by atoms with Crippen molar-refractivity contribution in [1.29, 1.82) is 0 Å². The van der Waals surface area contributed by atoms with E-state index < -0.39 is 0 Å². The van der Waals surface area contributed by atoms with E-state index in [1.807, 2.05) is 0 Å². The number of hydrogen-bond acceptors (Lipinski definition) is 2. The molecule has 1 saturated heterocycles. The molecule has 2 aliphatic rings. The first-order valence-electron chi connectivity index (χ1n) is 8.76. The molecule has 3 rings (SSSR count). The van der Waals surface area contributed by atoms with Crippen LogP contribution < -0.4 is 5.32 Å². The third kappa shape index (κ3) is 3.67. The molecule has 1 aromatic carbocycles. The standard InChI is InChI=1S/C19H30N2/c1-15-9-10-19(16(2)13-15)21-12-6-11-20-18(14-21)17-7-4-3-5-8-17/h3-5,7-8,15-16,18-20H,6,9-14H2,1-2H3. The Morgan fingerprint density at radius 3 is 2.67 bits per heavy atom. The zero-order valence-electron chi connectivity index (χ0n) is 13.6. The summed E-state index contributed by atoms with van der Waals surface area (Å²) in [5.74, 6) is 1.77. The topological polar surface area (TPSA) is 15.3 Å². The summed E-state index contributed by atoms with van der Waals surface area (Å²) in [7, 11) is 0. The maximum Gasteiger partial charge on any atom is 0.0449 e. The van der Waals surface area contributed by atoms with E-state index in [1.165, 1.54) is 44.3 Å². The molecule has 1 aliphatic carbocycles. The van der Waals surface area contributed by atoms with Crippen LogP contribution in [0, 0.1) is 11.8 Å². The fraction of sp³-hybridized carbons (Fsp3) is 0.684. The van der Waals surface area contributed by atoms with Crippen molar-refractivity contribution < 1.29 is 0 Å². The molecule has 0 radical (unpaired) electrons. The van der Waals surface area contributed by atoms with Crippen LogP contribution in [0.25, 0.3) is 0 Å². The predicted octanol–water partition coefficient (Wildman–Crippen LogP) is 3.85. The Hall–Kier alpha value is -0.860. The van der Waals surface area contributed by atoms with Gasteiger partial charge in [0.25, 0.3) is 0 Å². The second-order valence-electron chi connectivity index (χ2n) is 7.23. The molecule has 0 spiro atoms. The molecule has 1 saturated carbocycles. The van der Waals surface area contributed by atoms with Gasteiger partial charge in [0.05, 0.1) is 0 Å². The molecule has 0 aromatic heterocycles. The Morgan fingerprint density at radius 2 is 1.90 bits per heavy atom. The van der Waals surface area contributed by atoms with Gasteiger partial charge >= 0.3 is 0 Å². The fourth-order valence-corrected chi connectivity index (χ4v) is 4.35. The maximum atomic E-state index is 3.75. The van der Waals surface area contributed by atoms with Gasteiger partial charge in [0, 0.05) is 18.6 Å². The van der Waals surface area contributed by atoms with Crippen LogP contribution in [0.4, 0.5) is 0 Å². The zero-order chi connectivity index (χ0) is 14.7. The lowest BCUT2D eigenvalue weighted by molar-refractivity contribution is 0.0917. The zero-order valence-corrected chi connectivity index (χ0v) is 13.6. The Balaban J connectivity index is 1.70.